The lowest BCUT2D eigenvalue weighted by Crippen LogP contribution is -2.67. The monoisotopic (exact) mass is 882 g/mol. The summed E-state index contributed by atoms with van der Waals surface area (Å²) in [5, 5.41) is 18.6. The molecule has 1 unspecified atom stereocenters. The van der Waals surface area contributed by atoms with Crippen LogP contribution in [0.2, 0.25) is 0 Å². The molecule has 0 spiro atoms. The third-order valence-corrected chi connectivity index (χ3v) is 18.2. The maximum absolute atomic E-state index is 14.6. The Hall–Kier alpha value is -3.11. The van der Waals surface area contributed by atoms with Crippen molar-refractivity contribution in [1.29, 1.82) is 0 Å². The third kappa shape index (κ3) is 10.2. The van der Waals surface area contributed by atoms with Crippen LogP contribution in [-0.2, 0) is 28.7 Å². The average molecular weight is 882 g/mol. The molecule has 3 amide bonds. The van der Waals surface area contributed by atoms with Crippen molar-refractivity contribution in [2.75, 3.05) is 13.1 Å². The number of unbranched alkanes of at least 4 members (excludes halogenated alkanes) is 5. The highest BCUT2D eigenvalue weighted by atomic mass is 16.6. The Morgan fingerprint density at radius 1 is 0.746 bits per heavy atom. The number of ether oxygens (including phenoxy) is 2. The van der Waals surface area contributed by atoms with Crippen LogP contribution < -0.4 is 16.0 Å². The first-order chi connectivity index (χ1) is 29.2. The Morgan fingerprint density at radius 2 is 1.37 bits per heavy atom. The number of rotatable bonds is 17. The molecule has 0 saturated heterocycles. The first kappa shape index (κ1) is 50.9. The number of carboxylic acid groups (broad SMARTS) is 1. The number of alkyl carbamates (subject to hydrolysis) is 1. The number of carbonyl (C=O) groups is 5. The molecular weight excluding hydrogens is 795 g/mol. The topological polar surface area (TPSA) is 160 Å². The van der Waals surface area contributed by atoms with Crippen molar-refractivity contribution in [1.82, 2.24) is 16.0 Å². The fourth-order valence-electron chi connectivity index (χ4n) is 14.6. The summed E-state index contributed by atoms with van der Waals surface area (Å²) in [6.45, 7) is 30.5. The van der Waals surface area contributed by atoms with E-state index in [0.29, 0.717) is 42.7 Å². The van der Waals surface area contributed by atoms with Crippen molar-refractivity contribution in [2.24, 2.45) is 62.1 Å². The standard InChI is InChI=1S/C52H87N3O8/c1-33(2)35-22-27-52(43(58)54-31-19-17-15-14-16-18-30-53-42(57)34(3)55-45(61)63-46(4,5)6)29-28-50(12)36(41(35)52)20-21-38-49(11)25-24-39(62-40(56)32-47(7,8)44(59)60)48(9,10)37(49)23-26-51(38,50)13/h34-39,41H,1,14-32H2,2-13H3,(H,53,57)(H,54,58)(H,55,61)(H,59,60)/t34?,35-,36+,37-,38+,39-,41+,49-,50+,51+,52-/m0/s1. The van der Waals surface area contributed by atoms with E-state index >= 15 is 0 Å². The van der Waals surface area contributed by atoms with E-state index in [1.807, 2.05) is 0 Å². The van der Waals surface area contributed by atoms with Gasteiger partial charge in [0, 0.05) is 18.5 Å². The first-order valence-electron chi connectivity index (χ1n) is 24.8. The van der Waals surface area contributed by atoms with Crippen molar-refractivity contribution in [3.05, 3.63) is 12.2 Å². The average Bonchev–Trinajstić information content (AvgIpc) is 3.57. The van der Waals surface area contributed by atoms with Gasteiger partial charge in [-0.25, -0.2) is 4.79 Å². The minimum absolute atomic E-state index is 0.0971. The number of hydrogen-bond acceptors (Lipinski definition) is 7. The van der Waals surface area contributed by atoms with Crippen molar-refractivity contribution in [2.45, 2.75) is 210 Å². The molecule has 11 atom stereocenters. The predicted molar refractivity (Wildman–Crippen MR) is 247 cm³/mol. The maximum atomic E-state index is 14.6. The van der Waals surface area contributed by atoms with E-state index < -0.39 is 35.1 Å². The Kier molecular flexibility index (Phi) is 15.4. The SMILES string of the molecule is C=C(C)[C@@H]1CC[C@]2(C(=O)NCCCCCCCCNC(=O)C(C)NC(=O)OC(C)(C)C)CC[C@]3(C)[C@H](CC[C@@H]4[C@@]5(C)CC[C@H](OC(=O)CC(C)(C)C(=O)O)C(C)(C)[C@@H]5CC[C@]43C)[C@@H]12. The van der Waals surface area contributed by atoms with Crippen LogP contribution in [0.4, 0.5) is 4.79 Å². The van der Waals surface area contributed by atoms with Crippen LogP contribution in [0, 0.1) is 62.1 Å². The molecule has 0 heterocycles. The van der Waals surface area contributed by atoms with E-state index in [4.69, 9.17) is 9.47 Å². The normalized spacial score (nSPS) is 35.0. The molecule has 5 fully saturated rings. The molecule has 4 N–H and O–H groups in total. The number of nitrogens with one attached hydrogen (secondary N) is 3. The van der Waals surface area contributed by atoms with Crippen LogP contribution >= 0.6 is 0 Å². The van der Waals surface area contributed by atoms with Gasteiger partial charge in [0.2, 0.25) is 11.8 Å². The summed E-state index contributed by atoms with van der Waals surface area (Å²) in [5.41, 5.74) is -0.801. The van der Waals surface area contributed by atoms with Crippen LogP contribution in [0.3, 0.4) is 0 Å². The number of aliphatic carboxylic acids is 1. The molecule has 0 aliphatic heterocycles. The predicted octanol–water partition coefficient (Wildman–Crippen LogP) is 10.5. The number of carboxylic acids is 1. The highest BCUT2D eigenvalue weighted by molar-refractivity contribution is 5.85. The van der Waals surface area contributed by atoms with Gasteiger partial charge in [-0.1, -0.05) is 72.5 Å². The lowest BCUT2D eigenvalue weighted by Gasteiger charge is -2.72. The van der Waals surface area contributed by atoms with E-state index in [9.17, 15) is 29.1 Å². The van der Waals surface area contributed by atoms with Gasteiger partial charge in [-0.2, -0.15) is 0 Å². The second kappa shape index (κ2) is 19.0. The Bertz CT molecular complexity index is 1720. The lowest BCUT2D eigenvalue weighted by atomic mass is 9.32. The molecule has 5 aliphatic carbocycles. The van der Waals surface area contributed by atoms with E-state index in [2.05, 4.69) is 64.1 Å². The summed E-state index contributed by atoms with van der Waals surface area (Å²) in [7, 11) is 0. The van der Waals surface area contributed by atoms with Gasteiger partial charge in [0.25, 0.3) is 0 Å². The van der Waals surface area contributed by atoms with Crippen LogP contribution in [0.25, 0.3) is 0 Å². The van der Waals surface area contributed by atoms with Gasteiger partial charge in [-0.3, -0.25) is 19.2 Å². The highest BCUT2D eigenvalue weighted by Crippen LogP contribution is 2.77. The van der Waals surface area contributed by atoms with Gasteiger partial charge >= 0.3 is 18.0 Å². The number of hydrogen-bond donors (Lipinski definition) is 4. The van der Waals surface area contributed by atoms with Gasteiger partial charge in [0.1, 0.15) is 17.7 Å². The molecule has 0 aromatic rings. The molecule has 0 bridgehead atoms. The molecule has 11 heteroatoms. The van der Waals surface area contributed by atoms with Crippen molar-refractivity contribution < 1.29 is 38.6 Å². The molecule has 358 valence electrons. The molecule has 5 saturated carbocycles. The summed E-state index contributed by atoms with van der Waals surface area (Å²) in [4.78, 5) is 63.9. The van der Waals surface area contributed by atoms with Crippen LogP contribution in [-0.4, -0.2) is 65.8 Å². The van der Waals surface area contributed by atoms with Gasteiger partial charge in [0.15, 0.2) is 0 Å². The molecule has 11 nitrogen and oxygen atoms in total. The Balaban J connectivity index is 1.14. The lowest BCUT2D eigenvalue weighted by molar-refractivity contribution is -0.249. The zero-order valence-electron chi connectivity index (χ0n) is 41.5. The minimum Gasteiger partial charge on any atom is -0.481 e. The minimum atomic E-state index is -1.16. The zero-order chi connectivity index (χ0) is 47.0. The van der Waals surface area contributed by atoms with E-state index in [0.717, 1.165) is 103 Å². The summed E-state index contributed by atoms with van der Waals surface area (Å²) in [5.74, 6) is 0.700. The quantitative estimate of drug-likeness (QED) is 0.0638. The highest BCUT2D eigenvalue weighted by Gasteiger charge is 2.72. The van der Waals surface area contributed by atoms with Crippen molar-refractivity contribution in [3.8, 4) is 0 Å². The molecular formula is C52H87N3O8. The van der Waals surface area contributed by atoms with E-state index in [1.54, 1.807) is 41.5 Å². The van der Waals surface area contributed by atoms with Gasteiger partial charge in [0.05, 0.1) is 17.3 Å². The van der Waals surface area contributed by atoms with Crippen LogP contribution in [0.15, 0.2) is 12.2 Å². The van der Waals surface area contributed by atoms with E-state index in [-0.39, 0.29) is 51.4 Å². The second-order valence-corrected chi connectivity index (χ2v) is 24.1. The summed E-state index contributed by atoms with van der Waals surface area (Å²) in [6, 6.07) is -0.666. The fraction of sp³-hybridized carbons (Fsp3) is 0.865. The molecule has 63 heavy (non-hydrogen) atoms. The first-order valence-corrected chi connectivity index (χ1v) is 24.8. The second-order valence-electron chi connectivity index (χ2n) is 24.1. The van der Waals surface area contributed by atoms with Gasteiger partial charge in [-0.05, 0) is 171 Å². The number of amides is 3. The van der Waals surface area contributed by atoms with Gasteiger partial charge < -0.3 is 30.5 Å². The summed E-state index contributed by atoms with van der Waals surface area (Å²) < 4.78 is 11.4. The largest absolute Gasteiger partial charge is 0.481 e. The molecule has 0 radical (unpaired) electrons. The molecule has 0 aromatic heterocycles. The van der Waals surface area contributed by atoms with E-state index in [1.165, 1.54) is 5.57 Å². The van der Waals surface area contributed by atoms with Crippen molar-refractivity contribution >= 4 is 29.8 Å². The third-order valence-electron chi connectivity index (χ3n) is 18.2. The summed E-state index contributed by atoms with van der Waals surface area (Å²) in [6.07, 6.45) is 15.4. The Labute approximate surface area is 380 Å². The number of fused-ring (bicyclic) bond motifs is 7. The van der Waals surface area contributed by atoms with Crippen LogP contribution in [0.5, 0.6) is 0 Å². The maximum Gasteiger partial charge on any atom is 0.408 e. The Morgan fingerprint density at radius 3 is 1.97 bits per heavy atom. The zero-order valence-corrected chi connectivity index (χ0v) is 41.5. The summed E-state index contributed by atoms with van der Waals surface area (Å²) >= 11 is 0. The van der Waals surface area contributed by atoms with Gasteiger partial charge in [-0.15, -0.1) is 0 Å². The smallest absolute Gasteiger partial charge is 0.408 e. The van der Waals surface area contributed by atoms with Crippen LogP contribution in [0.1, 0.15) is 192 Å². The number of carbonyl (C=O) groups excluding carboxylic acids is 4. The fourth-order valence-corrected chi connectivity index (χ4v) is 14.6. The number of allylic oxidation sites excluding steroid dienone is 1. The number of esters is 1. The molecule has 0 aromatic carbocycles. The molecule has 5 rings (SSSR count). The molecule has 5 aliphatic rings. The van der Waals surface area contributed by atoms with Crippen molar-refractivity contribution in [3.63, 3.8) is 0 Å².